The molecule has 0 bridgehead atoms. The second-order valence-electron chi connectivity index (χ2n) is 1.69. The van der Waals surface area contributed by atoms with E-state index in [1.807, 2.05) is 0 Å². The Bertz CT molecular complexity index is 276. The van der Waals surface area contributed by atoms with E-state index in [0.29, 0.717) is 0 Å². The summed E-state index contributed by atoms with van der Waals surface area (Å²) >= 11 is 2.45. The fraction of sp³-hybridized carbons (Fsp3) is 0. The second kappa shape index (κ2) is 4.67. The molecule has 0 saturated carbocycles. The van der Waals surface area contributed by atoms with Gasteiger partial charge >= 0.3 is 0 Å². The minimum absolute atomic E-state index is 0. The number of halogens is 5. The summed E-state index contributed by atoms with van der Waals surface area (Å²) in [6.07, 6.45) is 0. The SMILES string of the molecule is Fc1[c-]c(Br)c(F)c(F)c1F.[Y]. The molecule has 1 aromatic carbocycles. The van der Waals surface area contributed by atoms with Crippen molar-refractivity contribution in [1.29, 1.82) is 0 Å². The molecule has 1 rings (SSSR count). The molecule has 0 saturated heterocycles. The van der Waals surface area contributed by atoms with Crippen LogP contribution in [0.4, 0.5) is 17.6 Å². The van der Waals surface area contributed by atoms with Gasteiger partial charge in [-0.05, 0) is 0 Å². The zero-order chi connectivity index (χ0) is 8.59. The monoisotopic (exact) mass is 316 g/mol. The average molecular weight is 317 g/mol. The van der Waals surface area contributed by atoms with Gasteiger partial charge in [0.05, 0.1) is 17.5 Å². The molecule has 0 aliphatic rings. The molecule has 1 radical (unpaired) electrons. The van der Waals surface area contributed by atoms with Crippen LogP contribution in [0.5, 0.6) is 0 Å². The van der Waals surface area contributed by atoms with Gasteiger partial charge in [-0.2, -0.15) is 0 Å². The van der Waals surface area contributed by atoms with Gasteiger partial charge in [0.25, 0.3) is 0 Å². The first-order chi connectivity index (χ1) is 5.04. The molecule has 0 amide bonds. The van der Waals surface area contributed by atoms with Crippen LogP contribution in [0.2, 0.25) is 0 Å². The Labute approximate surface area is 99.3 Å². The number of benzene rings is 1. The maximum Gasteiger partial charge on any atom is 0.0876 e. The van der Waals surface area contributed by atoms with E-state index in [2.05, 4.69) is 15.9 Å². The third-order valence-electron chi connectivity index (χ3n) is 0.990. The van der Waals surface area contributed by atoms with E-state index in [1.165, 1.54) is 0 Å². The average Bonchev–Trinajstić information content (AvgIpc) is 1.97. The van der Waals surface area contributed by atoms with Crippen LogP contribution in [0.1, 0.15) is 0 Å². The van der Waals surface area contributed by atoms with Gasteiger partial charge in [-0.25, -0.2) is 8.78 Å². The molecule has 0 N–H and O–H groups in total. The third-order valence-corrected chi connectivity index (χ3v) is 1.54. The van der Waals surface area contributed by atoms with E-state index < -0.39 is 27.7 Å². The molecule has 0 heterocycles. The van der Waals surface area contributed by atoms with Crippen LogP contribution in [0.15, 0.2) is 4.47 Å². The Morgan fingerprint density at radius 1 is 0.917 bits per heavy atom. The van der Waals surface area contributed by atoms with Gasteiger partial charge in [-0.3, -0.25) is 8.78 Å². The summed E-state index contributed by atoms with van der Waals surface area (Å²) in [4.78, 5) is 0. The molecule has 0 spiro atoms. The topological polar surface area (TPSA) is 0 Å². The summed E-state index contributed by atoms with van der Waals surface area (Å²) in [6, 6.07) is 1.61. The molecule has 0 aromatic heterocycles. The molecule has 0 fully saturated rings. The van der Waals surface area contributed by atoms with Crippen molar-refractivity contribution in [1.82, 2.24) is 0 Å². The minimum Gasteiger partial charge on any atom is -0.280 e. The molecule has 0 aliphatic heterocycles. The smallest absolute Gasteiger partial charge is 0.0876 e. The van der Waals surface area contributed by atoms with Gasteiger partial charge in [0.2, 0.25) is 0 Å². The van der Waals surface area contributed by atoms with Crippen molar-refractivity contribution in [2.45, 2.75) is 0 Å². The molecular weight excluding hydrogens is 317 g/mol. The summed E-state index contributed by atoms with van der Waals surface area (Å²) < 4.78 is 48.2. The summed E-state index contributed by atoms with van der Waals surface area (Å²) in [5, 5.41) is 0. The maximum absolute atomic E-state index is 12.3. The van der Waals surface area contributed by atoms with Crippen LogP contribution in [0.25, 0.3) is 0 Å². The van der Waals surface area contributed by atoms with Crippen molar-refractivity contribution in [3.05, 3.63) is 33.8 Å². The summed E-state index contributed by atoms with van der Waals surface area (Å²) in [7, 11) is 0. The normalized spacial score (nSPS) is 9.42. The molecule has 12 heavy (non-hydrogen) atoms. The molecular formula is C6BrF4Y-. The summed E-state index contributed by atoms with van der Waals surface area (Å²) in [6.45, 7) is 0. The van der Waals surface area contributed by atoms with Crippen molar-refractivity contribution < 1.29 is 50.3 Å². The molecule has 0 unspecified atom stereocenters. The van der Waals surface area contributed by atoms with E-state index >= 15 is 0 Å². The Morgan fingerprint density at radius 2 is 1.42 bits per heavy atom. The minimum atomic E-state index is -1.86. The van der Waals surface area contributed by atoms with Crippen molar-refractivity contribution in [2.24, 2.45) is 0 Å². The predicted molar refractivity (Wildman–Crippen MR) is 32.8 cm³/mol. The van der Waals surface area contributed by atoms with E-state index in [4.69, 9.17) is 0 Å². The maximum atomic E-state index is 12.3. The standard InChI is InChI=1S/C6BrF4.Y/c7-2-1-3(8)5(10)6(11)4(2)9;/q-1;. The van der Waals surface area contributed by atoms with E-state index in [0.717, 1.165) is 0 Å². The van der Waals surface area contributed by atoms with Crippen molar-refractivity contribution in [3.63, 3.8) is 0 Å². The first-order valence-electron chi connectivity index (χ1n) is 2.44. The Hall–Kier alpha value is 0.524. The summed E-state index contributed by atoms with van der Waals surface area (Å²) in [5.74, 6) is -6.72. The number of hydrogen-bond donors (Lipinski definition) is 0. The molecule has 1 aromatic rings. The van der Waals surface area contributed by atoms with Crippen LogP contribution >= 0.6 is 15.9 Å². The number of hydrogen-bond acceptors (Lipinski definition) is 0. The molecule has 6 heteroatoms. The Balaban J connectivity index is 0.00000121. The molecule has 0 aliphatic carbocycles. The van der Waals surface area contributed by atoms with Gasteiger partial charge in [0, 0.05) is 38.5 Å². The van der Waals surface area contributed by atoms with Crippen LogP contribution in [-0.2, 0) is 32.7 Å². The van der Waals surface area contributed by atoms with Gasteiger partial charge in [0.1, 0.15) is 0 Å². The van der Waals surface area contributed by atoms with Crippen LogP contribution in [-0.4, -0.2) is 0 Å². The van der Waals surface area contributed by atoms with E-state index in [-0.39, 0.29) is 32.7 Å². The molecule has 0 nitrogen and oxygen atoms in total. The second-order valence-corrected chi connectivity index (χ2v) is 2.49. The predicted octanol–water partition coefficient (Wildman–Crippen LogP) is 2.80. The van der Waals surface area contributed by atoms with E-state index in [9.17, 15) is 17.6 Å². The van der Waals surface area contributed by atoms with Crippen molar-refractivity contribution in [3.8, 4) is 0 Å². The zero-order valence-electron chi connectivity index (χ0n) is 5.47. The fourth-order valence-corrected chi connectivity index (χ4v) is 0.843. The largest absolute Gasteiger partial charge is 0.280 e. The zero-order valence-corrected chi connectivity index (χ0v) is 9.89. The first-order valence-corrected chi connectivity index (χ1v) is 3.24. The molecule has 0 atom stereocenters. The third kappa shape index (κ3) is 2.27. The van der Waals surface area contributed by atoms with Crippen LogP contribution in [0.3, 0.4) is 0 Å². The van der Waals surface area contributed by atoms with Crippen LogP contribution in [0, 0.1) is 29.3 Å². The Morgan fingerprint density at radius 3 is 1.92 bits per heavy atom. The van der Waals surface area contributed by atoms with Gasteiger partial charge < -0.3 is 0 Å². The van der Waals surface area contributed by atoms with Crippen LogP contribution < -0.4 is 0 Å². The fourth-order valence-electron chi connectivity index (χ4n) is 0.495. The van der Waals surface area contributed by atoms with Crippen molar-refractivity contribution >= 4 is 15.9 Å². The van der Waals surface area contributed by atoms with Gasteiger partial charge in [-0.1, -0.05) is 20.4 Å². The van der Waals surface area contributed by atoms with E-state index in [1.54, 1.807) is 6.07 Å². The van der Waals surface area contributed by atoms with Gasteiger partial charge in [0.15, 0.2) is 0 Å². The van der Waals surface area contributed by atoms with Crippen molar-refractivity contribution in [2.75, 3.05) is 0 Å². The quantitative estimate of drug-likeness (QED) is 0.299. The van der Waals surface area contributed by atoms with Gasteiger partial charge in [-0.15, -0.1) is 6.07 Å². The first kappa shape index (κ1) is 12.5. The number of rotatable bonds is 0. The summed E-state index contributed by atoms with van der Waals surface area (Å²) in [5.41, 5.74) is 0. The Kier molecular flexibility index (Phi) is 4.88. The molecule has 63 valence electrons.